The van der Waals surface area contributed by atoms with Crippen molar-refractivity contribution in [2.24, 2.45) is 5.92 Å². The second-order valence-corrected chi connectivity index (χ2v) is 6.08. The number of hydrogen-bond acceptors (Lipinski definition) is 3. The van der Waals surface area contributed by atoms with E-state index in [2.05, 4.69) is 11.8 Å². The average molecular weight is 293 g/mol. The fourth-order valence-electron chi connectivity index (χ4n) is 3.27. The van der Waals surface area contributed by atoms with Crippen molar-refractivity contribution in [1.82, 2.24) is 4.90 Å². The molecular formula is C16H25BFNO2. The molecule has 0 spiro atoms. The van der Waals surface area contributed by atoms with E-state index >= 15 is 0 Å². The van der Waals surface area contributed by atoms with Gasteiger partial charge in [-0.1, -0.05) is 25.8 Å². The van der Waals surface area contributed by atoms with Crippen molar-refractivity contribution in [1.29, 1.82) is 0 Å². The maximum atomic E-state index is 13.3. The van der Waals surface area contributed by atoms with Crippen LogP contribution in [0.15, 0.2) is 18.2 Å². The van der Waals surface area contributed by atoms with Gasteiger partial charge in [0, 0.05) is 6.54 Å². The summed E-state index contributed by atoms with van der Waals surface area (Å²) in [6, 6.07) is 4.27. The van der Waals surface area contributed by atoms with Crippen LogP contribution in [-0.4, -0.2) is 35.2 Å². The molecule has 0 bridgehead atoms. The molecule has 2 rings (SSSR count). The predicted octanol–water partition coefficient (Wildman–Crippen LogP) is 1.91. The summed E-state index contributed by atoms with van der Waals surface area (Å²) in [5.74, 6) is 0.386. The minimum Gasteiger partial charge on any atom is -0.423 e. The highest BCUT2D eigenvalue weighted by Crippen LogP contribution is 2.22. The zero-order valence-electron chi connectivity index (χ0n) is 12.8. The molecular weight excluding hydrogens is 268 g/mol. The van der Waals surface area contributed by atoms with Crippen LogP contribution in [0.3, 0.4) is 0 Å². The second-order valence-electron chi connectivity index (χ2n) is 6.08. The lowest BCUT2D eigenvalue weighted by Gasteiger charge is -2.22. The molecule has 3 nitrogen and oxygen atoms in total. The molecule has 1 atom stereocenters. The van der Waals surface area contributed by atoms with Crippen molar-refractivity contribution in [3.05, 3.63) is 29.6 Å². The van der Waals surface area contributed by atoms with Crippen LogP contribution in [0.1, 0.15) is 44.6 Å². The minimum absolute atomic E-state index is 0.282. The monoisotopic (exact) mass is 293 g/mol. The van der Waals surface area contributed by atoms with E-state index in [1.165, 1.54) is 44.2 Å². The van der Waals surface area contributed by atoms with Gasteiger partial charge in [0.15, 0.2) is 0 Å². The topological polar surface area (TPSA) is 43.7 Å². The van der Waals surface area contributed by atoms with Gasteiger partial charge in [0.25, 0.3) is 0 Å². The third kappa shape index (κ3) is 4.80. The Bertz CT molecular complexity index is 456. The first-order chi connectivity index (χ1) is 10.1. The Morgan fingerprint density at radius 3 is 2.81 bits per heavy atom. The normalized spacial score (nSPS) is 20.3. The van der Waals surface area contributed by atoms with Crippen molar-refractivity contribution in [3.63, 3.8) is 0 Å². The van der Waals surface area contributed by atoms with Crippen molar-refractivity contribution in [2.75, 3.05) is 13.1 Å². The van der Waals surface area contributed by atoms with E-state index in [-0.39, 0.29) is 5.46 Å². The summed E-state index contributed by atoms with van der Waals surface area (Å²) in [5, 5.41) is 18.8. The third-order valence-corrected chi connectivity index (χ3v) is 4.42. The molecule has 1 aliphatic heterocycles. The molecule has 1 heterocycles. The summed E-state index contributed by atoms with van der Waals surface area (Å²) in [5.41, 5.74) is 1.09. The highest BCUT2D eigenvalue weighted by Gasteiger charge is 2.21. The standard InChI is InChI=1S/C16H25BFNO2/c1-2-4-13-5-3-9-19(10-8-13)12-14-6-7-15(18)11-16(14)17(20)21/h6-7,11,13,20-21H,2-5,8-10,12H2,1H3. The van der Waals surface area contributed by atoms with Crippen LogP contribution in [0.2, 0.25) is 0 Å². The first-order valence-electron chi connectivity index (χ1n) is 7.97. The fourth-order valence-corrected chi connectivity index (χ4v) is 3.27. The van der Waals surface area contributed by atoms with Crippen LogP contribution in [0.4, 0.5) is 4.39 Å². The van der Waals surface area contributed by atoms with Gasteiger partial charge in [0.05, 0.1) is 0 Å². The molecule has 0 saturated carbocycles. The molecule has 1 unspecified atom stereocenters. The van der Waals surface area contributed by atoms with Crippen LogP contribution in [0.5, 0.6) is 0 Å². The third-order valence-electron chi connectivity index (χ3n) is 4.42. The van der Waals surface area contributed by atoms with Crippen molar-refractivity contribution >= 4 is 12.6 Å². The van der Waals surface area contributed by atoms with Crippen LogP contribution < -0.4 is 5.46 Å². The number of benzene rings is 1. The van der Waals surface area contributed by atoms with E-state index in [4.69, 9.17) is 0 Å². The molecule has 21 heavy (non-hydrogen) atoms. The van der Waals surface area contributed by atoms with E-state index in [9.17, 15) is 14.4 Å². The molecule has 0 radical (unpaired) electrons. The summed E-state index contributed by atoms with van der Waals surface area (Å²) < 4.78 is 13.3. The number of hydrogen-bond donors (Lipinski definition) is 2. The lowest BCUT2D eigenvalue weighted by molar-refractivity contribution is 0.271. The number of nitrogens with zero attached hydrogens (tertiary/aromatic N) is 1. The van der Waals surface area contributed by atoms with Crippen molar-refractivity contribution < 1.29 is 14.4 Å². The molecule has 1 aromatic carbocycles. The molecule has 0 aliphatic carbocycles. The minimum atomic E-state index is -1.62. The van der Waals surface area contributed by atoms with Crippen LogP contribution in [-0.2, 0) is 6.54 Å². The maximum absolute atomic E-state index is 13.3. The Labute approximate surface area is 126 Å². The van der Waals surface area contributed by atoms with Gasteiger partial charge in [-0.3, -0.25) is 4.90 Å². The fraction of sp³-hybridized carbons (Fsp3) is 0.625. The molecule has 0 aromatic heterocycles. The van der Waals surface area contributed by atoms with Gasteiger partial charge < -0.3 is 10.0 Å². The Morgan fingerprint density at radius 2 is 2.10 bits per heavy atom. The van der Waals surface area contributed by atoms with E-state index in [0.29, 0.717) is 6.54 Å². The highest BCUT2D eigenvalue weighted by atomic mass is 19.1. The van der Waals surface area contributed by atoms with Gasteiger partial charge in [-0.25, -0.2) is 4.39 Å². The first-order valence-corrected chi connectivity index (χ1v) is 7.97. The summed E-state index contributed by atoms with van der Waals surface area (Å²) >= 11 is 0. The molecule has 116 valence electrons. The Kier molecular flexibility index (Phi) is 6.21. The zero-order valence-corrected chi connectivity index (χ0v) is 12.8. The van der Waals surface area contributed by atoms with E-state index < -0.39 is 12.9 Å². The number of likely N-dealkylation sites (tertiary alicyclic amines) is 1. The molecule has 5 heteroatoms. The van der Waals surface area contributed by atoms with Crippen molar-refractivity contribution in [2.45, 2.75) is 45.6 Å². The highest BCUT2D eigenvalue weighted by molar-refractivity contribution is 6.59. The molecule has 1 aromatic rings. The largest absolute Gasteiger partial charge is 0.488 e. The molecule has 1 saturated heterocycles. The zero-order chi connectivity index (χ0) is 15.2. The molecule has 1 fully saturated rings. The van der Waals surface area contributed by atoms with Gasteiger partial charge in [-0.05, 0) is 61.4 Å². The number of rotatable bonds is 5. The lowest BCUT2D eigenvalue weighted by atomic mass is 9.77. The van der Waals surface area contributed by atoms with Gasteiger partial charge >= 0.3 is 7.12 Å². The summed E-state index contributed by atoms with van der Waals surface area (Å²) in [6.45, 7) is 4.95. The van der Waals surface area contributed by atoms with E-state index in [1.807, 2.05) is 0 Å². The SMILES string of the molecule is CCCC1CCCN(Cc2ccc(F)cc2B(O)O)CC1. The van der Waals surface area contributed by atoms with E-state index in [1.54, 1.807) is 6.07 Å². The van der Waals surface area contributed by atoms with Gasteiger partial charge in [-0.15, -0.1) is 0 Å². The van der Waals surface area contributed by atoms with Crippen LogP contribution in [0.25, 0.3) is 0 Å². The van der Waals surface area contributed by atoms with Crippen LogP contribution in [0, 0.1) is 11.7 Å². The smallest absolute Gasteiger partial charge is 0.423 e. The Balaban J connectivity index is 2.01. The van der Waals surface area contributed by atoms with Crippen LogP contribution >= 0.6 is 0 Å². The summed E-state index contributed by atoms with van der Waals surface area (Å²) in [7, 11) is -1.62. The lowest BCUT2D eigenvalue weighted by Crippen LogP contribution is -2.36. The maximum Gasteiger partial charge on any atom is 0.488 e. The van der Waals surface area contributed by atoms with E-state index in [0.717, 1.165) is 24.6 Å². The summed E-state index contributed by atoms with van der Waals surface area (Å²) in [6.07, 6.45) is 6.20. The molecule has 1 aliphatic rings. The number of halogens is 1. The Morgan fingerprint density at radius 1 is 1.29 bits per heavy atom. The Hall–Kier alpha value is -0.905. The summed E-state index contributed by atoms with van der Waals surface area (Å²) in [4.78, 5) is 2.34. The second kappa shape index (κ2) is 7.92. The quantitative estimate of drug-likeness (QED) is 0.815. The van der Waals surface area contributed by atoms with Crippen molar-refractivity contribution in [3.8, 4) is 0 Å². The van der Waals surface area contributed by atoms with Gasteiger partial charge in [0.2, 0.25) is 0 Å². The van der Waals surface area contributed by atoms with Gasteiger partial charge in [-0.2, -0.15) is 0 Å². The van der Waals surface area contributed by atoms with Gasteiger partial charge in [0.1, 0.15) is 5.82 Å². The predicted molar refractivity (Wildman–Crippen MR) is 83.8 cm³/mol. The first kappa shape index (κ1) is 16.5. The molecule has 2 N–H and O–H groups in total. The molecule has 0 amide bonds. The average Bonchev–Trinajstić information content (AvgIpc) is 2.67.